The third-order valence-corrected chi connectivity index (χ3v) is 4.93. The van der Waals surface area contributed by atoms with Crippen LogP contribution in [0, 0.1) is 0 Å². The fourth-order valence-electron chi connectivity index (χ4n) is 3.24. The van der Waals surface area contributed by atoms with E-state index in [2.05, 4.69) is 18.9 Å². The fourth-order valence-corrected chi connectivity index (χ4v) is 3.24. The van der Waals surface area contributed by atoms with Crippen LogP contribution in [0.2, 0.25) is 0 Å². The van der Waals surface area contributed by atoms with Crippen molar-refractivity contribution in [1.82, 2.24) is 5.43 Å². The van der Waals surface area contributed by atoms with E-state index in [4.69, 9.17) is 9.47 Å². The second kappa shape index (κ2) is 9.98. The van der Waals surface area contributed by atoms with Gasteiger partial charge in [-0.25, -0.2) is 5.01 Å². The van der Waals surface area contributed by atoms with E-state index in [1.54, 1.807) is 30.4 Å². The zero-order valence-corrected chi connectivity index (χ0v) is 18.2. The number of benzene rings is 2. The molecule has 1 heterocycles. The molecule has 3 rings (SSSR count). The summed E-state index contributed by atoms with van der Waals surface area (Å²) in [5.41, 5.74) is 4.85. The van der Waals surface area contributed by atoms with Gasteiger partial charge in [-0.15, -0.1) is 6.58 Å². The summed E-state index contributed by atoms with van der Waals surface area (Å²) in [4.78, 5) is 25.4. The minimum Gasteiger partial charge on any atom is -0.490 e. The van der Waals surface area contributed by atoms with Crippen LogP contribution in [-0.4, -0.2) is 24.5 Å². The van der Waals surface area contributed by atoms with Gasteiger partial charge in [0.25, 0.3) is 11.8 Å². The molecule has 1 saturated heterocycles. The SMILES string of the molecule is C=CCc1cc(/C=C2/C(=O)NN(c3ccccc3)C2=O)cc(OCC)c1O[C@@H](C)CC. The monoisotopic (exact) mass is 420 g/mol. The lowest BCUT2D eigenvalue weighted by atomic mass is 10.0. The summed E-state index contributed by atoms with van der Waals surface area (Å²) >= 11 is 0. The van der Waals surface area contributed by atoms with Gasteiger partial charge in [-0.05, 0) is 62.6 Å². The van der Waals surface area contributed by atoms with Crippen LogP contribution in [0.5, 0.6) is 11.5 Å². The van der Waals surface area contributed by atoms with E-state index in [1.165, 1.54) is 5.01 Å². The minimum atomic E-state index is -0.447. The molecule has 1 N–H and O–H groups in total. The Morgan fingerprint density at radius 3 is 2.55 bits per heavy atom. The first-order valence-electron chi connectivity index (χ1n) is 10.5. The summed E-state index contributed by atoms with van der Waals surface area (Å²) < 4.78 is 12.0. The maximum Gasteiger partial charge on any atom is 0.282 e. The number of nitrogens with zero attached hydrogens (tertiary/aromatic N) is 1. The highest BCUT2D eigenvalue weighted by Crippen LogP contribution is 2.36. The Kier molecular flexibility index (Phi) is 7.13. The molecule has 2 aromatic rings. The molecule has 2 amide bonds. The Morgan fingerprint density at radius 1 is 1.16 bits per heavy atom. The first-order chi connectivity index (χ1) is 15.0. The summed E-state index contributed by atoms with van der Waals surface area (Å²) in [6.07, 6.45) is 4.82. The number of ether oxygens (including phenoxy) is 2. The molecular formula is C25H28N2O4. The molecule has 6 nitrogen and oxygen atoms in total. The number of rotatable bonds is 9. The third-order valence-electron chi connectivity index (χ3n) is 4.93. The van der Waals surface area contributed by atoms with Gasteiger partial charge < -0.3 is 9.47 Å². The molecule has 0 saturated carbocycles. The van der Waals surface area contributed by atoms with Crippen LogP contribution in [0.15, 0.2) is 60.7 Å². The van der Waals surface area contributed by atoms with E-state index in [0.717, 1.165) is 12.0 Å². The molecule has 0 radical (unpaired) electrons. The minimum absolute atomic E-state index is 0.0218. The zero-order chi connectivity index (χ0) is 22.4. The molecule has 1 aliphatic rings. The molecule has 0 aliphatic carbocycles. The number of anilines is 1. The van der Waals surface area contributed by atoms with E-state index in [1.807, 2.05) is 38.1 Å². The van der Waals surface area contributed by atoms with Crippen molar-refractivity contribution in [3.05, 3.63) is 71.8 Å². The highest BCUT2D eigenvalue weighted by molar-refractivity contribution is 6.31. The van der Waals surface area contributed by atoms with E-state index in [-0.39, 0.29) is 11.7 Å². The number of nitrogens with one attached hydrogen (secondary N) is 1. The van der Waals surface area contributed by atoms with E-state index in [0.29, 0.717) is 35.8 Å². The lowest BCUT2D eigenvalue weighted by molar-refractivity contribution is -0.117. The number of carbonyl (C=O) groups is 2. The number of hydrogen-bond donors (Lipinski definition) is 1. The Labute approximate surface area is 183 Å². The van der Waals surface area contributed by atoms with Crippen molar-refractivity contribution in [3.8, 4) is 11.5 Å². The van der Waals surface area contributed by atoms with Crippen LogP contribution in [0.3, 0.4) is 0 Å². The second-order valence-corrected chi connectivity index (χ2v) is 7.24. The van der Waals surface area contributed by atoms with Crippen LogP contribution >= 0.6 is 0 Å². The average molecular weight is 421 g/mol. The van der Waals surface area contributed by atoms with Crippen molar-refractivity contribution in [2.24, 2.45) is 0 Å². The first-order valence-corrected chi connectivity index (χ1v) is 10.5. The quantitative estimate of drug-likeness (QED) is 0.370. The van der Waals surface area contributed by atoms with Gasteiger partial charge in [0.05, 0.1) is 18.4 Å². The number of hydrogen-bond acceptors (Lipinski definition) is 4. The van der Waals surface area contributed by atoms with Gasteiger partial charge in [0.15, 0.2) is 11.5 Å². The molecule has 2 aromatic carbocycles. The van der Waals surface area contributed by atoms with Crippen molar-refractivity contribution in [2.45, 2.75) is 39.7 Å². The molecule has 0 spiro atoms. The van der Waals surface area contributed by atoms with Gasteiger partial charge in [-0.2, -0.15) is 0 Å². The first kappa shape index (κ1) is 22.2. The second-order valence-electron chi connectivity index (χ2n) is 7.24. The Balaban J connectivity index is 2.01. The van der Waals surface area contributed by atoms with Gasteiger partial charge in [0, 0.05) is 5.56 Å². The van der Waals surface area contributed by atoms with Gasteiger partial charge in [-0.1, -0.05) is 31.2 Å². The van der Waals surface area contributed by atoms with Gasteiger partial charge in [0.2, 0.25) is 0 Å². The topological polar surface area (TPSA) is 67.9 Å². The normalized spacial score (nSPS) is 15.7. The number of amides is 2. The molecule has 0 bridgehead atoms. The maximum atomic E-state index is 12.9. The van der Waals surface area contributed by atoms with Crippen LogP contribution in [0.4, 0.5) is 5.69 Å². The Hall–Kier alpha value is -3.54. The predicted molar refractivity (Wildman–Crippen MR) is 122 cm³/mol. The molecule has 0 unspecified atom stereocenters. The molecule has 1 atom stereocenters. The Morgan fingerprint density at radius 2 is 1.90 bits per heavy atom. The van der Waals surface area contributed by atoms with Crippen molar-refractivity contribution in [1.29, 1.82) is 0 Å². The summed E-state index contributed by atoms with van der Waals surface area (Å²) in [7, 11) is 0. The van der Waals surface area contributed by atoms with E-state index in [9.17, 15) is 9.59 Å². The summed E-state index contributed by atoms with van der Waals surface area (Å²) in [5, 5.41) is 1.25. The van der Waals surface area contributed by atoms with Crippen molar-refractivity contribution >= 4 is 23.6 Å². The molecule has 1 fully saturated rings. The van der Waals surface area contributed by atoms with Crippen molar-refractivity contribution < 1.29 is 19.1 Å². The summed E-state index contributed by atoms with van der Waals surface area (Å²) in [6.45, 7) is 10.3. The largest absolute Gasteiger partial charge is 0.490 e. The van der Waals surface area contributed by atoms with E-state index >= 15 is 0 Å². The Bertz CT molecular complexity index is 998. The summed E-state index contributed by atoms with van der Waals surface area (Å²) in [5.74, 6) is 0.405. The van der Waals surface area contributed by atoms with Gasteiger partial charge in [-0.3, -0.25) is 15.0 Å². The number of para-hydroxylation sites is 1. The highest BCUT2D eigenvalue weighted by atomic mass is 16.5. The third kappa shape index (κ3) is 4.97. The average Bonchev–Trinajstić information content (AvgIpc) is 3.05. The highest BCUT2D eigenvalue weighted by Gasteiger charge is 2.34. The molecule has 1 aliphatic heterocycles. The van der Waals surface area contributed by atoms with Crippen LogP contribution < -0.4 is 19.9 Å². The predicted octanol–water partition coefficient (Wildman–Crippen LogP) is 4.45. The van der Waals surface area contributed by atoms with Crippen molar-refractivity contribution in [3.63, 3.8) is 0 Å². The molecule has 0 aromatic heterocycles. The van der Waals surface area contributed by atoms with E-state index < -0.39 is 11.8 Å². The number of carbonyl (C=O) groups excluding carboxylic acids is 2. The smallest absolute Gasteiger partial charge is 0.282 e. The molecule has 31 heavy (non-hydrogen) atoms. The number of hydrazine groups is 1. The fraction of sp³-hybridized carbons (Fsp3) is 0.280. The lowest BCUT2D eigenvalue weighted by Crippen LogP contribution is -2.35. The van der Waals surface area contributed by atoms with Crippen molar-refractivity contribution in [2.75, 3.05) is 11.6 Å². The lowest BCUT2D eigenvalue weighted by Gasteiger charge is -2.20. The van der Waals surface area contributed by atoms with Gasteiger partial charge in [0.1, 0.15) is 5.57 Å². The zero-order valence-electron chi connectivity index (χ0n) is 18.2. The standard InChI is InChI=1S/C25H28N2O4/c1-5-11-19-14-18(16-22(30-7-3)23(19)31-17(4)6-2)15-21-24(28)26-27(25(21)29)20-12-9-8-10-13-20/h5,8-10,12-17H,1,6-7,11H2,2-4H3,(H,26,28)/b21-15-/t17-/m0/s1. The van der Waals surface area contributed by atoms with Crippen LogP contribution in [0.25, 0.3) is 6.08 Å². The molecular weight excluding hydrogens is 392 g/mol. The molecule has 6 heteroatoms. The maximum absolute atomic E-state index is 12.9. The summed E-state index contributed by atoms with van der Waals surface area (Å²) in [6, 6.07) is 12.7. The van der Waals surface area contributed by atoms with Crippen LogP contribution in [0.1, 0.15) is 38.3 Å². The van der Waals surface area contributed by atoms with Crippen LogP contribution in [-0.2, 0) is 16.0 Å². The number of allylic oxidation sites excluding steroid dienone is 1. The molecule has 162 valence electrons. The van der Waals surface area contributed by atoms with Gasteiger partial charge >= 0.3 is 0 Å².